The molecule has 7 heteroatoms. The number of fused-ring (bicyclic) bond motifs is 1. The Balaban J connectivity index is 1.88. The van der Waals surface area contributed by atoms with Crippen LogP contribution in [0.15, 0.2) is 42.9 Å². The van der Waals surface area contributed by atoms with E-state index in [2.05, 4.69) is 15.4 Å². The number of amides is 1. The van der Waals surface area contributed by atoms with Gasteiger partial charge < -0.3 is 14.8 Å². The normalized spacial score (nSPS) is 10.7. The summed E-state index contributed by atoms with van der Waals surface area (Å²) in [5.41, 5.74) is 2.43. The van der Waals surface area contributed by atoms with E-state index in [1.165, 1.54) is 6.20 Å². The van der Waals surface area contributed by atoms with Crippen LogP contribution in [0.5, 0.6) is 5.75 Å². The van der Waals surface area contributed by atoms with Crippen molar-refractivity contribution in [2.75, 3.05) is 19.5 Å². The molecule has 2 aromatic heterocycles. The molecular weight excluding hydrogens is 296 g/mol. The van der Waals surface area contributed by atoms with Crippen LogP contribution in [0.3, 0.4) is 0 Å². The van der Waals surface area contributed by atoms with Crippen LogP contribution >= 0.6 is 0 Å². The maximum absolute atomic E-state index is 12.5. The number of aromatic nitrogens is 3. The highest BCUT2D eigenvalue weighted by Gasteiger charge is 2.15. The SMILES string of the molecule is COCc1ccc(NC(=O)c2cnn3cccnc23)c(OC)c1. The van der Waals surface area contributed by atoms with Gasteiger partial charge in [0.1, 0.15) is 11.3 Å². The second-order valence-electron chi connectivity index (χ2n) is 4.87. The fraction of sp³-hybridized carbons (Fsp3) is 0.188. The number of methoxy groups -OCH3 is 2. The highest BCUT2D eigenvalue weighted by molar-refractivity contribution is 6.08. The van der Waals surface area contributed by atoms with Gasteiger partial charge in [0, 0.05) is 19.5 Å². The molecule has 23 heavy (non-hydrogen) atoms. The van der Waals surface area contributed by atoms with Crippen LogP contribution in [0.4, 0.5) is 5.69 Å². The second-order valence-corrected chi connectivity index (χ2v) is 4.87. The van der Waals surface area contributed by atoms with Gasteiger partial charge in [-0.05, 0) is 23.8 Å². The molecule has 0 radical (unpaired) electrons. The van der Waals surface area contributed by atoms with Crippen LogP contribution in [0.1, 0.15) is 15.9 Å². The zero-order valence-electron chi connectivity index (χ0n) is 12.8. The van der Waals surface area contributed by atoms with Crippen molar-refractivity contribution in [3.63, 3.8) is 0 Å². The van der Waals surface area contributed by atoms with Gasteiger partial charge in [0.15, 0.2) is 5.65 Å². The van der Waals surface area contributed by atoms with Crippen LogP contribution < -0.4 is 10.1 Å². The maximum atomic E-state index is 12.5. The van der Waals surface area contributed by atoms with Crippen molar-refractivity contribution in [1.29, 1.82) is 0 Å². The first-order valence-electron chi connectivity index (χ1n) is 6.98. The summed E-state index contributed by atoms with van der Waals surface area (Å²) in [4.78, 5) is 16.7. The molecule has 0 saturated carbocycles. The lowest BCUT2D eigenvalue weighted by molar-refractivity contribution is 0.102. The summed E-state index contributed by atoms with van der Waals surface area (Å²) in [5.74, 6) is 0.272. The predicted octanol–water partition coefficient (Wildman–Crippen LogP) is 2.14. The molecule has 7 nitrogen and oxygen atoms in total. The summed E-state index contributed by atoms with van der Waals surface area (Å²) in [6, 6.07) is 7.23. The Labute approximate surface area is 132 Å². The number of carbonyl (C=O) groups excluding carboxylic acids is 1. The smallest absolute Gasteiger partial charge is 0.261 e. The van der Waals surface area contributed by atoms with Gasteiger partial charge in [-0.2, -0.15) is 5.10 Å². The first-order chi connectivity index (χ1) is 11.2. The Morgan fingerprint density at radius 1 is 1.35 bits per heavy atom. The van der Waals surface area contributed by atoms with Crippen molar-refractivity contribution < 1.29 is 14.3 Å². The Bertz CT molecular complexity index is 844. The van der Waals surface area contributed by atoms with E-state index in [9.17, 15) is 4.79 Å². The Hall–Kier alpha value is -2.93. The molecule has 118 valence electrons. The number of nitrogens with zero attached hydrogens (tertiary/aromatic N) is 3. The van der Waals surface area contributed by atoms with E-state index in [1.807, 2.05) is 12.1 Å². The quantitative estimate of drug-likeness (QED) is 0.781. The number of ether oxygens (including phenoxy) is 2. The van der Waals surface area contributed by atoms with E-state index in [0.717, 1.165) is 5.56 Å². The van der Waals surface area contributed by atoms with Crippen LogP contribution in [-0.4, -0.2) is 34.7 Å². The third-order valence-electron chi connectivity index (χ3n) is 3.35. The fourth-order valence-electron chi connectivity index (χ4n) is 2.27. The largest absolute Gasteiger partial charge is 0.495 e. The molecule has 1 N–H and O–H groups in total. The number of benzene rings is 1. The number of anilines is 1. The maximum Gasteiger partial charge on any atom is 0.261 e. The van der Waals surface area contributed by atoms with Crippen molar-refractivity contribution in [2.45, 2.75) is 6.61 Å². The Morgan fingerprint density at radius 2 is 2.22 bits per heavy atom. The van der Waals surface area contributed by atoms with E-state index in [4.69, 9.17) is 9.47 Å². The number of hydrogen-bond acceptors (Lipinski definition) is 5. The summed E-state index contributed by atoms with van der Waals surface area (Å²) in [6.45, 7) is 0.475. The monoisotopic (exact) mass is 312 g/mol. The third-order valence-corrected chi connectivity index (χ3v) is 3.35. The predicted molar refractivity (Wildman–Crippen MR) is 84.6 cm³/mol. The lowest BCUT2D eigenvalue weighted by Crippen LogP contribution is -2.13. The lowest BCUT2D eigenvalue weighted by Gasteiger charge is -2.11. The number of hydrogen-bond donors (Lipinski definition) is 1. The molecule has 2 heterocycles. The van der Waals surface area contributed by atoms with Gasteiger partial charge in [-0.15, -0.1) is 0 Å². The molecule has 3 aromatic rings. The Morgan fingerprint density at radius 3 is 3.00 bits per heavy atom. The van der Waals surface area contributed by atoms with Gasteiger partial charge in [-0.1, -0.05) is 6.07 Å². The first-order valence-corrected chi connectivity index (χ1v) is 6.98. The molecule has 0 saturated heterocycles. The summed E-state index contributed by atoms with van der Waals surface area (Å²) in [5, 5.41) is 6.94. The second kappa shape index (κ2) is 6.45. The van der Waals surface area contributed by atoms with Crippen LogP contribution in [-0.2, 0) is 11.3 Å². The van der Waals surface area contributed by atoms with Gasteiger partial charge in [0.25, 0.3) is 5.91 Å². The van der Waals surface area contributed by atoms with Crippen molar-refractivity contribution in [3.8, 4) is 5.75 Å². The minimum absolute atomic E-state index is 0.295. The summed E-state index contributed by atoms with van der Waals surface area (Å²) in [7, 11) is 3.18. The van der Waals surface area contributed by atoms with Gasteiger partial charge in [-0.25, -0.2) is 9.50 Å². The van der Waals surface area contributed by atoms with Crippen LogP contribution in [0.2, 0.25) is 0 Å². The average Bonchev–Trinajstić information content (AvgIpc) is 3.00. The van der Waals surface area contributed by atoms with Gasteiger partial charge in [-0.3, -0.25) is 4.79 Å². The van der Waals surface area contributed by atoms with Crippen LogP contribution in [0, 0.1) is 0 Å². The van der Waals surface area contributed by atoms with Crippen molar-refractivity contribution in [3.05, 3.63) is 54.0 Å². The summed E-state index contributed by atoms with van der Waals surface area (Å²) < 4.78 is 12.0. The molecule has 0 spiro atoms. The van der Waals surface area contributed by atoms with E-state index >= 15 is 0 Å². The van der Waals surface area contributed by atoms with Crippen molar-refractivity contribution >= 4 is 17.2 Å². The van der Waals surface area contributed by atoms with Gasteiger partial charge >= 0.3 is 0 Å². The lowest BCUT2D eigenvalue weighted by atomic mass is 10.2. The third kappa shape index (κ3) is 3.00. The van der Waals surface area contributed by atoms with E-state index in [1.54, 1.807) is 43.3 Å². The van der Waals surface area contributed by atoms with E-state index < -0.39 is 0 Å². The van der Waals surface area contributed by atoms with E-state index in [0.29, 0.717) is 29.3 Å². The van der Waals surface area contributed by atoms with Crippen molar-refractivity contribution in [2.24, 2.45) is 0 Å². The molecule has 1 aromatic carbocycles. The average molecular weight is 312 g/mol. The Kier molecular flexibility index (Phi) is 4.20. The standard InChI is InChI=1S/C16H16N4O3/c1-22-10-11-4-5-13(14(8-11)23-2)19-16(21)12-9-18-20-7-3-6-17-15(12)20/h3-9H,10H2,1-2H3,(H,19,21). The molecule has 0 unspecified atom stereocenters. The molecule has 0 aliphatic carbocycles. The number of carbonyl (C=O) groups is 1. The minimum Gasteiger partial charge on any atom is -0.495 e. The molecular formula is C16H16N4O3. The highest BCUT2D eigenvalue weighted by Crippen LogP contribution is 2.26. The van der Waals surface area contributed by atoms with Gasteiger partial charge in [0.2, 0.25) is 0 Å². The number of rotatable bonds is 5. The zero-order valence-corrected chi connectivity index (χ0v) is 12.8. The van der Waals surface area contributed by atoms with E-state index in [-0.39, 0.29) is 5.91 Å². The zero-order chi connectivity index (χ0) is 16.2. The topological polar surface area (TPSA) is 77.8 Å². The molecule has 0 fully saturated rings. The summed E-state index contributed by atoms with van der Waals surface area (Å²) in [6.07, 6.45) is 4.84. The highest BCUT2D eigenvalue weighted by atomic mass is 16.5. The first kappa shape index (κ1) is 15.0. The fourth-order valence-corrected chi connectivity index (χ4v) is 2.27. The van der Waals surface area contributed by atoms with Gasteiger partial charge in [0.05, 0.1) is 25.6 Å². The summed E-state index contributed by atoms with van der Waals surface area (Å²) >= 11 is 0. The molecule has 1 amide bonds. The van der Waals surface area contributed by atoms with Crippen molar-refractivity contribution in [1.82, 2.24) is 14.6 Å². The molecule has 0 aliphatic rings. The van der Waals surface area contributed by atoms with Crippen LogP contribution in [0.25, 0.3) is 5.65 Å². The number of nitrogens with one attached hydrogen (secondary N) is 1. The minimum atomic E-state index is -0.295. The molecule has 0 aliphatic heterocycles. The molecule has 3 rings (SSSR count). The molecule has 0 bridgehead atoms. The molecule has 0 atom stereocenters.